The Morgan fingerprint density at radius 3 is 2.93 bits per heavy atom. The number of thiazole rings is 1. The van der Waals surface area contributed by atoms with Gasteiger partial charge in [-0.25, -0.2) is 4.98 Å². The van der Waals surface area contributed by atoms with Crippen LogP contribution in [-0.4, -0.2) is 35.0 Å². The fourth-order valence-electron chi connectivity index (χ4n) is 3.50. The van der Waals surface area contributed by atoms with E-state index in [2.05, 4.69) is 38.8 Å². The highest BCUT2D eigenvalue weighted by Gasteiger charge is 2.17. The van der Waals surface area contributed by atoms with Gasteiger partial charge in [-0.05, 0) is 56.6 Å². The van der Waals surface area contributed by atoms with Gasteiger partial charge in [0.1, 0.15) is 0 Å². The molecule has 6 nitrogen and oxygen atoms in total. The molecule has 1 aliphatic rings. The molecule has 1 amide bonds. The highest BCUT2D eigenvalue weighted by Crippen LogP contribution is 2.25. The number of anilines is 1. The number of aryl methyl sites for hydroxylation is 1. The van der Waals surface area contributed by atoms with E-state index < -0.39 is 5.91 Å². The maximum atomic E-state index is 11.8. The Balaban J connectivity index is 1.59. The van der Waals surface area contributed by atoms with Crippen molar-refractivity contribution in [3.8, 4) is 0 Å². The first-order valence-electron chi connectivity index (χ1n) is 9.20. The molecular formula is C20H23N5OS. The van der Waals surface area contributed by atoms with E-state index in [1.165, 1.54) is 4.70 Å². The van der Waals surface area contributed by atoms with Gasteiger partial charge in [-0.3, -0.25) is 9.78 Å². The summed E-state index contributed by atoms with van der Waals surface area (Å²) in [6, 6.07) is 8.64. The van der Waals surface area contributed by atoms with Crippen LogP contribution in [0.3, 0.4) is 0 Å². The lowest BCUT2D eigenvalue weighted by Crippen LogP contribution is -2.35. The van der Waals surface area contributed by atoms with Gasteiger partial charge in [0.15, 0.2) is 0 Å². The molecule has 0 unspecified atom stereocenters. The molecule has 0 bridgehead atoms. The molecule has 1 aliphatic heterocycles. The molecule has 0 atom stereocenters. The maximum absolute atomic E-state index is 11.8. The van der Waals surface area contributed by atoms with Crippen molar-refractivity contribution < 1.29 is 4.79 Å². The molecular weight excluding hydrogens is 358 g/mol. The van der Waals surface area contributed by atoms with Crippen molar-refractivity contribution in [3.05, 3.63) is 52.3 Å². The van der Waals surface area contributed by atoms with E-state index in [4.69, 9.17) is 5.73 Å². The summed E-state index contributed by atoms with van der Waals surface area (Å²) in [6.07, 6.45) is 4.32. The Bertz CT molecular complexity index is 978. The predicted octanol–water partition coefficient (Wildman–Crippen LogP) is 2.85. The van der Waals surface area contributed by atoms with Crippen molar-refractivity contribution in [1.82, 2.24) is 15.3 Å². The Morgan fingerprint density at radius 1 is 1.33 bits per heavy atom. The first-order chi connectivity index (χ1) is 13.1. The van der Waals surface area contributed by atoms with Gasteiger partial charge in [-0.15, -0.1) is 11.3 Å². The minimum absolute atomic E-state index is 0.342. The average Bonchev–Trinajstić information content (AvgIpc) is 3.02. The Kier molecular flexibility index (Phi) is 5.05. The van der Waals surface area contributed by atoms with Crippen LogP contribution in [0.5, 0.6) is 0 Å². The summed E-state index contributed by atoms with van der Waals surface area (Å²) in [7, 11) is 0. The first-order valence-corrected chi connectivity index (χ1v) is 10.0. The molecule has 4 N–H and O–H groups in total. The standard InChI is InChI=1S/C20H23N5OS/c1-12-24-18-9-13(2-3-19(18)27-12)8-15-10-17(16(11-23-15)20(21)26)25-14-4-6-22-7-5-14/h2-3,9-11,14,22H,4-8H2,1H3,(H2,21,26)(H,23,25). The molecule has 3 heterocycles. The van der Waals surface area contributed by atoms with Crippen LogP contribution in [0.4, 0.5) is 5.69 Å². The summed E-state index contributed by atoms with van der Waals surface area (Å²) in [5.74, 6) is -0.454. The number of pyridine rings is 1. The molecule has 1 saturated heterocycles. The fourth-order valence-corrected chi connectivity index (χ4v) is 4.31. The third-order valence-corrected chi connectivity index (χ3v) is 5.82. The van der Waals surface area contributed by atoms with Gasteiger partial charge >= 0.3 is 0 Å². The van der Waals surface area contributed by atoms with Crippen LogP contribution in [0.25, 0.3) is 10.2 Å². The zero-order chi connectivity index (χ0) is 18.8. The topological polar surface area (TPSA) is 92.9 Å². The number of primary amides is 1. The Labute approximate surface area is 162 Å². The number of piperidine rings is 1. The minimum Gasteiger partial charge on any atom is -0.381 e. The molecule has 7 heteroatoms. The van der Waals surface area contributed by atoms with Crippen LogP contribution in [-0.2, 0) is 6.42 Å². The van der Waals surface area contributed by atoms with Crippen molar-refractivity contribution in [3.63, 3.8) is 0 Å². The fraction of sp³-hybridized carbons (Fsp3) is 0.350. The summed E-state index contributed by atoms with van der Waals surface area (Å²) in [5, 5.41) is 7.92. The normalized spacial score (nSPS) is 15.1. The molecule has 0 radical (unpaired) electrons. The lowest BCUT2D eigenvalue weighted by Gasteiger charge is -2.25. The monoisotopic (exact) mass is 381 g/mol. The number of nitrogens with two attached hydrogens (primary N) is 1. The van der Waals surface area contributed by atoms with Crippen LogP contribution in [0.2, 0.25) is 0 Å². The largest absolute Gasteiger partial charge is 0.381 e. The number of aromatic nitrogens is 2. The van der Waals surface area contributed by atoms with Crippen molar-refractivity contribution in [2.24, 2.45) is 5.73 Å². The van der Waals surface area contributed by atoms with Gasteiger partial charge < -0.3 is 16.4 Å². The van der Waals surface area contributed by atoms with Gasteiger partial charge in [0, 0.05) is 24.4 Å². The number of fused-ring (bicyclic) bond motifs is 1. The van der Waals surface area contributed by atoms with Gasteiger partial charge in [0.2, 0.25) is 0 Å². The zero-order valence-electron chi connectivity index (χ0n) is 15.3. The van der Waals surface area contributed by atoms with Crippen molar-refractivity contribution >= 4 is 33.1 Å². The van der Waals surface area contributed by atoms with Gasteiger partial charge in [0.05, 0.1) is 26.5 Å². The highest BCUT2D eigenvalue weighted by atomic mass is 32.1. The van der Waals surface area contributed by atoms with E-state index in [1.807, 2.05) is 13.0 Å². The van der Waals surface area contributed by atoms with Gasteiger partial charge in [-0.2, -0.15) is 0 Å². The van der Waals surface area contributed by atoms with Crippen molar-refractivity contribution in [1.29, 1.82) is 0 Å². The molecule has 27 heavy (non-hydrogen) atoms. The van der Waals surface area contributed by atoms with E-state index in [1.54, 1.807) is 17.5 Å². The minimum atomic E-state index is -0.454. The summed E-state index contributed by atoms with van der Waals surface area (Å²) in [6.45, 7) is 3.98. The Morgan fingerprint density at radius 2 is 2.15 bits per heavy atom. The van der Waals surface area contributed by atoms with E-state index in [-0.39, 0.29) is 0 Å². The molecule has 2 aromatic heterocycles. The van der Waals surface area contributed by atoms with Crippen LogP contribution in [0.15, 0.2) is 30.5 Å². The first kappa shape index (κ1) is 17.9. The summed E-state index contributed by atoms with van der Waals surface area (Å²) >= 11 is 1.70. The van der Waals surface area contributed by atoms with Crippen LogP contribution < -0.4 is 16.4 Å². The Hall–Kier alpha value is -2.51. The lowest BCUT2D eigenvalue weighted by atomic mass is 10.0. The van der Waals surface area contributed by atoms with E-state index in [9.17, 15) is 4.79 Å². The van der Waals surface area contributed by atoms with Crippen LogP contribution in [0, 0.1) is 6.92 Å². The van der Waals surface area contributed by atoms with Crippen molar-refractivity contribution in [2.45, 2.75) is 32.2 Å². The predicted molar refractivity (Wildman–Crippen MR) is 109 cm³/mol. The summed E-state index contributed by atoms with van der Waals surface area (Å²) in [5.41, 5.74) is 9.86. The molecule has 3 aromatic rings. The quantitative estimate of drug-likeness (QED) is 0.632. The number of carbonyl (C=O) groups excluding carboxylic acids is 1. The van der Waals surface area contributed by atoms with Crippen LogP contribution >= 0.6 is 11.3 Å². The van der Waals surface area contributed by atoms with Gasteiger partial charge in [0.25, 0.3) is 5.91 Å². The van der Waals surface area contributed by atoms with E-state index in [0.717, 1.165) is 53.4 Å². The number of nitrogens with one attached hydrogen (secondary N) is 2. The number of carbonyl (C=O) groups is 1. The third-order valence-electron chi connectivity index (χ3n) is 4.87. The lowest BCUT2D eigenvalue weighted by molar-refractivity contribution is 0.100. The number of amides is 1. The summed E-state index contributed by atoms with van der Waals surface area (Å²) < 4.78 is 1.20. The molecule has 1 aromatic carbocycles. The number of nitrogens with zero attached hydrogens (tertiary/aromatic N) is 2. The smallest absolute Gasteiger partial charge is 0.252 e. The van der Waals surface area contributed by atoms with Gasteiger partial charge in [-0.1, -0.05) is 6.07 Å². The second-order valence-corrected chi connectivity index (χ2v) is 8.20. The average molecular weight is 382 g/mol. The molecule has 0 aliphatic carbocycles. The number of hydrogen-bond donors (Lipinski definition) is 3. The zero-order valence-corrected chi connectivity index (χ0v) is 16.1. The second kappa shape index (κ2) is 7.62. The molecule has 0 spiro atoms. The molecule has 4 rings (SSSR count). The second-order valence-electron chi connectivity index (χ2n) is 6.97. The molecule has 1 fully saturated rings. The van der Waals surface area contributed by atoms with E-state index >= 15 is 0 Å². The summed E-state index contributed by atoms with van der Waals surface area (Å²) in [4.78, 5) is 20.8. The van der Waals surface area contributed by atoms with Crippen LogP contribution in [0.1, 0.15) is 39.5 Å². The molecule has 140 valence electrons. The van der Waals surface area contributed by atoms with Crippen molar-refractivity contribution in [2.75, 3.05) is 18.4 Å². The number of benzene rings is 1. The van der Waals surface area contributed by atoms with E-state index in [0.29, 0.717) is 18.0 Å². The number of hydrogen-bond acceptors (Lipinski definition) is 6. The SMILES string of the molecule is Cc1nc2cc(Cc3cc(NC4CCNCC4)c(C(N)=O)cn3)ccc2s1. The highest BCUT2D eigenvalue weighted by molar-refractivity contribution is 7.18. The molecule has 0 saturated carbocycles. The maximum Gasteiger partial charge on any atom is 0.252 e. The number of rotatable bonds is 5. The third kappa shape index (κ3) is 4.09.